The van der Waals surface area contributed by atoms with Crippen LogP contribution in [-0.2, 0) is 0 Å². The van der Waals surface area contributed by atoms with Crippen LogP contribution in [0.3, 0.4) is 0 Å². The zero-order chi connectivity index (χ0) is 19.9. The van der Waals surface area contributed by atoms with E-state index in [1.54, 1.807) is 0 Å². The zero-order valence-electron chi connectivity index (χ0n) is 19.5. The van der Waals surface area contributed by atoms with E-state index in [-0.39, 0.29) is 0 Å². The molecule has 9 atom stereocenters. The quantitative estimate of drug-likeness (QED) is 0.706. The predicted molar refractivity (Wildman–Crippen MR) is 120 cm³/mol. The first-order valence-corrected chi connectivity index (χ1v) is 13.1. The molecule has 164 valence electrons. The minimum absolute atomic E-state index is 0.493. The Bertz CT molecular complexity index is 623. The van der Waals surface area contributed by atoms with Gasteiger partial charge in [0, 0.05) is 37.8 Å². The second kappa shape index (κ2) is 6.94. The van der Waals surface area contributed by atoms with Gasteiger partial charge in [0.05, 0.1) is 0 Å². The van der Waals surface area contributed by atoms with Crippen LogP contribution in [0.5, 0.6) is 0 Å². The topological polar surface area (TPSA) is 9.72 Å². The molecule has 0 aromatic rings. The molecule has 0 amide bonds. The van der Waals surface area contributed by atoms with Gasteiger partial charge in [-0.05, 0) is 113 Å². The van der Waals surface area contributed by atoms with Crippen molar-refractivity contribution in [3.63, 3.8) is 0 Å². The molecule has 3 heteroatoms. The maximum absolute atomic E-state index is 3.10. The third kappa shape index (κ3) is 2.85. The molecule has 4 aliphatic heterocycles. The molecular formula is C26H45N3. The number of rotatable bonds is 4. The van der Waals surface area contributed by atoms with E-state index < -0.39 is 0 Å². The van der Waals surface area contributed by atoms with Crippen LogP contribution in [-0.4, -0.2) is 73.1 Å². The van der Waals surface area contributed by atoms with Crippen LogP contribution in [0.2, 0.25) is 0 Å². The number of likely N-dealkylation sites (tertiary alicyclic amines) is 2. The Balaban J connectivity index is 1.24. The van der Waals surface area contributed by atoms with Crippen LogP contribution in [0.15, 0.2) is 0 Å². The van der Waals surface area contributed by atoms with Gasteiger partial charge in [-0.2, -0.15) is 0 Å². The first kappa shape index (κ1) is 19.6. The molecule has 4 saturated heterocycles. The average Bonchev–Trinajstić information content (AvgIpc) is 2.92. The minimum atomic E-state index is 0.493. The van der Waals surface area contributed by atoms with Crippen LogP contribution >= 0.6 is 0 Å². The second-order valence-corrected chi connectivity index (χ2v) is 12.7. The largest absolute Gasteiger partial charge is 0.306 e. The van der Waals surface area contributed by atoms with Crippen LogP contribution in [0, 0.1) is 47.3 Å². The maximum atomic E-state index is 3.10. The van der Waals surface area contributed by atoms with Gasteiger partial charge in [0.25, 0.3) is 0 Å². The van der Waals surface area contributed by atoms with Crippen LogP contribution < -0.4 is 0 Å². The van der Waals surface area contributed by atoms with E-state index in [9.17, 15) is 0 Å². The van der Waals surface area contributed by atoms with Crippen LogP contribution in [0.25, 0.3) is 0 Å². The normalized spacial score (nSPS) is 55.2. The van der Waals surface area contributed by atoms with E-state index in [1.165, 1.54) is 77.7 Å². The minimum Gasteiger partial charge on any atom is -0.306 e. The molecular weight excluding hydrogens is 354 g/mol. The number of nitrogens with zero attached hydrogens (tertiary/aromatic N) is 3. The lowest BCUT2D eigenvalue weighted by Crippen LogP contribution is -2.72. The Morgan fingerprint density at radius 2 is 1.66 bits per heavy atom. The van der Waals surface area contributed by atoms with Crippen molar-refractivity contribution in [3.05, 3.63) is 0 Å². The number of hydrogen-bond acceptors (Lipinski definition) is 3. The third-order valence-electron chi connectivity index (χ3n) is 11.4. The molecule has 0 spiro atoms. The second-order valence-electron chi connectivity index (χ2n) is 12.7. The first-order valence-electron chi connectivity index (χ1n) is 13.1. The van der Waals surface area contributed by atoms with E-state index in [0.29, 0.717) is 5.54 Å². The van der Waals surface area contributed by atoms with Crippen molar-refractivity contribution < 1.29 is 0 Å². The highest BCUT2D eigenvalue weighted by Crippen LogP contribution is 2.56. The summed E-state index contributed by atoms with van der Waals surface area (Å²) in [6, 6.07) is 0.826. The zero-order valence-corrected chi connectivity index (χ0v) is 19.5. The van der Waals surface area contributed by atoms with Crippen molar-refractivity contribution in [1.82, 2.24) is 14.7 Å². The summed E-state index contributed by atoms with van der Waals surface area (Å²) in [6.45, 7) is 12.1. The highest BCUT2D eigenvalue weighted by molar-refractivity contribution is 5.14. The van der Waals surface area contributed by atoms with Crippen molar-refractivity contribution in [2.24, 2.45) is 47.3 Å². The number of likely N-dealkylation sites (N-methyl/N-ethyl adjacent to an activating group) is 1. The summed E-state index contributed by atoms with van der Waals surface area (Å²) >= 11 is 0. The number of hydrogen-bond donors (Lipinski definition) is 0. The Morgan fingerprint density at radius 1 is 0.862 bits per heavy atom. The molecule has 0 N–H and O–H groups in total. The lowest BCUT2D eigenvalue weighted by atomic mass is 9.57. The van der Waals surface area contributed by atoms with Crippen LogP contribution in [0.4, 0.5) is 0 Å². The van der Waals surface area contributed by atoms with Gasteiger partial charge in [0.15, 0.2) is 0 Å². The molecule has 4 heterocycles. The lowest BCUT2D eigenvalue weighted by molar-refractivity contribution is -0.140. The van der Waals surface area contributed by atoms with E-state index in [4.69, 9.17) is 0 Å². The van der Waals surface area contributed by atoms with Crippen molar-refractivity contribution in [2.45, 2.75) is 70.4 Å². The summed E-state index contributed by atoms with van der Waals surface area (Å²) in [6.07, 6.45) is 10.5. The fraction of sp³-hybridized carbons (Fsp3) is 1.00. The van der Waals surface area contributed by atoms with Gasteiger partial charge in [-0.1, -0.05) is 13.8 Å². The SMILES string of the molecule is CC1CC2(C3C4CCC(CN3C)C4C)CCC1CN2CCC1C2CC1CN(C)C2. The highest BCUT2D eigenvalue weighted by atomic mass is 15.3. The fourth-order valence-electron chi connectivity index (χ4n) is 9.94. The lowest BCUT2D eigenvalue weighted by Gasteiger charge is -2.65. The molecule has 0 aromatic heterocycles. The molecule has 7 fully saturated rings. The monoisotopic (exact) mass is 399 g/mol. The van der Waals surface area contributed by atoms with Crippen molar-refractivity contribution in [1.29, 1.82) is 0 Å². The van der Waals surface area contributed by atoms with Gasteiger partial charge < -0.3 is 9.80 Å². The molecule has 7 rings (SSSR count). The molecule has 3 aliphatic carbocycles. The van der Waals surface area contributed by atoms with Gasteiger partial charge >= 0.3 is 0 Å². The van der Waals surface area contributed by atoms with E-state index in [0.717, 1.165) is 53.4 Å². The predicted octanol–water partition coefficient (Wildman–Crippen LogP) is 4.04. The number of fused-ring (bicyclic) bond motifs is 7. The summed E-state index contributed by atoms with van der Waals surface area (Å²) in [5, 5.41) is 0. The Morgan fingerprint density at radius 3 is 2.41 bits per heavy atom. The maximum Gasteiger partial charge on any atom is 0.0370 e. The van der Waals surface area contributed by atoms with Crippen molar-refractivity contribution in [2.75, 3.05) is 46.8 Å². The highest BCUT2D eigenvalue weighted by Gasteiger charge is 2.59. The van der Waals surface area contributed by atoms with Crippen molar-refractivity contribution in [3.8, 4) is 0 Å². The van der Waals surface area contributed by atoms with Gasteiger partial charge in [-0.15, -0.1) is 0 Å². The van der Waals surface area contributed by atoms with Gasteiger partial charge in [0.2, 0.25) is 0 Å². The van der Waals surface area contributed by atoms with Gasteiger partial charge in [-0.25, -0.2) is 0 Å². The Kier molecular flexibility index (Phi) is 4.68. The molecule has 6 bridgehead atoms. The molecule has 0 radical (unpaired) electrons. The summed E-state index contributed by atoms with van der Waals surface area (Å²) in [5.74, 6) is 7.90. The summed E-state index contributed by atoms with van der Waals surface area (Å²) in [7, 11) is 4.83. The molecule has 0 aromatic carbocycles. The molecule has 3 saturated carbocycles. The summed E-state index contributed by atoms with van der Waals surface area (Å²) in [5.41, 5.74) is 0.493. The smallest absolute Gasteiger partial charge is 0.0370 e. The van der Waals surface area contributed by atoms with Gasteiger partial charge in [0.1, 0.15) is 0 Å². The molecule has 3 nitrogen and oxygen atoms in total. The number of piperidine rings is 5. The molecule has 7 aliphatic rings. The average molecular weight is 400 g/mol. The first-order chi connectivity index (χ1) is 14.0. The van der Waals surface area contributed by atoms with E-state index in [1.807, 2.05) is 0 Å². The fourth-order valence-corrected chi connectivity index (χ4v) is 9.94. The Labute approximate surface area is 179 Å². The molecule has 29 heavy (non-hydrogen) atoms. The van der Waals surface area contributed by atoms with Crippen LogP contribution in [0.1, 0.15) is 58.8 Å². The third-order valence-corrected chi connectivity index (χ3v) is 11.4. The standard InChI is InChI=1S/C26H45N3/c1-17-12-26(25-23-6-5-20(18(23)2)15-28(25)4)9-7-19(17)16-29(26)10-8-24-21-11-22(24)14-27(3)13-21/h17-25H,5-16H2,1-4H3. The summed E-state index contributed by atoms with van der Waals surface area (Å²) < 4.78 is 0. The van der Waals surface area contributed by atoms with E-state index in [2.05, 4.69) is 42.6 Å². The van der Waals surface area contributed by atoms with Crippen molar-refractivity contribution >= 4 is 0 Å². The summed E-state index contributed by atoms with van der Waals surface area (Å²) in [4.78, 5) is 8.56. The Hall–Kier alpha value is -0.120. The molecule has 9 unspecified atom stereocenters. The van der Waals surface area contributed by atoms with Gasteiger partial charge in [-0.3, -0.25) is 4.90 Å². The van der Waals surface area contributed by atoms with E-state index >= 15 is 0 Å².